The van der Waals surface area contributed by atoms with Crippen molar-refractivity contribution in [2.45, 2.75) is 33.0 Å². The van der Waals surface area contributed by atoms with Gasteiger partial charge in [0.25, 0.3) is 0 Å². The van der Waals surface area contributed by atoms with Crippen LogP contribution in [0.1, 0.15) is 31.2 Å². The topological polar surface area (TPSA) is 55.8 Å². The molecular weight excluding hydrogens is 264 g/mol. The monoisotopic (exact) mass is 284 g/mol. The fourth-order valence-corrected chi connectivity index (χ4v) is 2.10. The molecule has 1 aromatic heterocycles. The lowest BCUT2D eigenvalue weighted by molar-refractivity contribution is -0.131. The van der Waals surface area contributed by atoms with E-state index < -0.39 is 5.97 Å². The van der Waals surface area contributed by atoms with E-state index in [4.69, 9.17) is 14.6 Å². The molecule has 5 heteroatoms. The third-order valence-electron chi connectivity index (χ3n) is 2.10. The van der Waals surface area contributed by atoms with Crippen molar-refractivity contribution in [3.05, 3.63) is 28.0 Å². The SMILES string of the molecule is CC(C)(C)OCCOCc1cc(/C=C/C(=O)O)cs1. The number of thiophene rings is 1. The molecule has 1 N–H and O–H groups in total. The summed E-state index contributed by atoms with van der Waals surface area (Å²) >= 11 is 1.55. The summed E-state index contributed by atoms with van der Waals surface area (Å²) in [6, 6.07) is 1.93. The molecule has 0 radical (unpaired) electrons. The lowest BCUT2D eigenvalue weighted by Crippen LogP contribution is -2.21. The first-order chi connectivity index (χ1) is 8.87. The highest BCUT2D eigenvalue weighted by Gasteiger charge is 2.09. The largest absolute Gasteiger partial charge is 0.478 e. The Bertz CT molecular complexity index is 429. The van der Waals surface area contributed by atoms with Gasteiger partial charge in [-0.05, 0) is 43.9 Å². The van der Waals surface area contributed by atoms with Gasteiger partial charge in [0.1, 0.15) is 0 Å². The summed E-state index contributed by atoms with van der Waals surface area (Å²) in [6.07, 6.45) is 2.70. The van der Waals surface area contributed by atoms with Crippen LogP contribution < -0.4 is 0 Å². The summed E-state index contributed by atoms with van der Waals surface area (Å²) in [5.41, 5.74) is 0.748. The quantitative estimate of drug-likeness (QED) is 0.617. The lowest BCUT2D eigenvalue weighted by Gasteiger charge is -2.19. The Labute approximate surface area is 117 Å². The van der Waals surface area contributed by atoms with Gasteiger partial charge in [0, 0.05) is 11.0 Å². The van der Waals surface area contributed by atoms with Crippen LogP contribution in [0.3, 0.4) is 0 Å². The molecular formula is C14H20O4S. The smallest absolute Gasteiger partial charge is 0.328 e. The van der Waals surface area contributed by atoms with E-state index in [-0.39, 0.29) is 5.60 Å². The van der Waals surface area contributed by atoms with Crippen molar-refractivity contribution in [2.24, 2.45) is 0 Å². The number of hydrogen-bond acceptors (Lipinski definition) is 4. The number of carbonyl (C=O) groups is 1. The first kappa shape index (κ1) is 15.9. The van der Waals surface area contributed by atoms with Crippen molar-refractivity contribution in [1.29, 1.82) is 0 Å². The van der Waals surface area contributed by atoms with E-state index in [9.17, 15) is 4.79 Å². The first-order valence-corrected chi connectivity index (χ1v) is 6.95. The summed E-state index contributed by atoms with van der Waals surface area (Å²) in [5, 5.41) is 10.4. The molecule has 0 saturated heterocycles. The summed E-state index contributed by atoms with van der Waals surface area (Å²) < 4.78 is 11.0. The zero-order valence-electron chi connectivity index (χ0n) is 11.5. The molecule has 4 nitrogen and oxygen atoms in total. The summed E-state index contributed by atoms with van der Waals surface area (Å²) in [7, 11) is 0. The minimum atomic E-state index is -0.941. The Hall–Kier alpha value is -1.17. The molecule has 0 aromatic carbocycles. The summed E-state index contributed by atoms with van der Waals surface area (Å²) in [6.45, 7) is 7.67. The molecule has 0 aliphatic heterocycles. The van der Waals surface area contributed by atoms with Gasteiger partial charge in [0.2, 0.25) is 0 Å². The third-order valence-corrected chi connectivity index (χ3v) is 3.03. The number of aliphatic carboxylic acids is 1. The highest BCUT2D eigenvalue weighted by Crippen LogP contribution is 2.17. The van der Waals surface area contributed by atoms with Crippen LogP contribution in [0.5, 0.6) is 0 Å². The molecule has 1 aromatic rings. The number of hydrogen-bond donors (Lipinski definition) is 1. The number of ether oxygens (including phenoxy) is 2. The van der Waals surface area contributed by atoms with Crippen LogP contribution in [0.4, 0.5) is 0 Å². The number of carboxylic acids is 1. The molecule has 0 aliphatic rings. The number of carboxylic acid groups (broad SMARTS) is 1. The lowest BCUT2D eigenvalue weighted by atomic mass is 10.2. The van der Waals surface area contributed by atoms with Gasteiger partial charge in [0.05, 0.1) is 25.4 Å². The van der Waals surface area contributed by atoms with E-state index >= 15 is 0 Å². The molecule has 0 spiro atoms. The maximum absolute atomic E-state index is 10.4. The minimum absolute atomic E-state index is 0.138. The van der Waals surface area contributed by atoms with Crippen LogP contribution in [0.2, 0.25) is 0 Å². The molecule has 0 aliphatic carbocycles. The Morgan fingerprint density at radius 2 is 2.16 bits per heavy atom. The predicted octanol–water partition coefficient (Wildman–Crippen LogP) is 3.18. The average Bonchev–Trinajstić information content (AvgIpc) is 2.72. The zero-order chi connectivity index (χ0) is 14.3. The standard InChI is InChI=1S/C14H20O4S/c1-14(2,3)18-7-6-17-9-12-8-11(10-19-12)4-5-13(15)16/h4-5,8,10H,6-7,9H2,1-3H3,(H,15,16)/b5-4+. The van der Waals surface area contributed by atoms with Crippen LogP contribution in [-0.4, -0.2) is 29.9 Å². The van der Waals surface area contributed by atoms with Crippen molar-refractivity contribution >= 4 is 23.4 Å². The number of rotatable bonds is 7. The van der Waals surface area contributed by atoms with Crippen molar-refractivity contribution < 1.29 is 19.4 Å². The zero-order valence-corrected chi connectivity index (χ0v) is 12.3. The highest BCUT2D eigenvalue weighted by atomic mass is 32.1. The second-order valence-electron chi connectivity index (χ2n) is 5.03. The van der Waals surface area contributed by atoms with Gasteiger partial charge >= 0.3 is 5.97 Å². The van der Waals surface area contributed by atoms with E-state index in [0.29, 0.717) is 19.8 Å². The maximum Gasteiger partial charge on any atom is 0.328 e. The minimum Gasteiger partial charge on any atom is -0.478 e. The fraction of sp³-hybridized carbons (Fsp3) is 0.500. The molecule has 19 heavy (non-hydrogen) atoms. The van der Waals surface area contributed by atoms with Gasteiger partial charge in [-0.1, -0.05) is 0 Å². The molecule has 0 saturated carbocycles. The van der Waals surface area contributed by atoms with Crippen LogP contribution >= 0.6 is 11.3 Å². The molecule has 0 bridgehead atoms. The molecule has 1 rings (SSSR count). The predicted molar refractivity (Wildman–Crippen MR) is 76.3 cm³/mol. The van der Waals surface area contributed by atoms with Gasteiger partial charge in [-0.2, -0.15) is 0 Å². The van der Waals surface area contributed by atoms with Crippen molar-refractivity contribution in [3.8, 4) is 0 Å². The van der Waals surface area contributed by atoms with Gasteiger partial charge in [-0.15, -0.1) is 11.3 Å². The third kappa shape index (κ3) is 7.77. The van der Waals surface area contributed by atoms with E-state index in [1.165, 1.54) is 0 Å². The van der Waals surface area contributed by atoms with Gasteiger partial charge in [-0.25, -0.2) is 4.79 Å². The van der Waals surface area contributed by atoms with E-state index in [2.05, 4.69) is 0 Å². The van der Waals surface area contributed by atoms with E-state index in [0.717, 1.165) is 16.5 Å². The maximum atomic E-state index is 10.4. The Morgan fingerprint density at radius 1 is 1.42 bits per heavy atom. The van der Waals surface area contributed by atoms with Crippen molar-refractivity contribution in [3.63, 3.8) is 0 Å². The first-order valence-electron chi connectivity index (χ1n) is 6.07. The summed E-state index contributed by atoms with van der Waals surface area (Å²) in [4.78, 5) is 11.5. The highest BCUT2D eigenvalue weighted by molar-refractivity contribution is 7.10. The molecule has 1 heterocycles. The van der Waals surface area contributed by atoms with Crippen LogP contribution in [0.15, 0.2) is 17.5 Å². The van der Waals surface area contributed by atoms with E-state index in [1.54, 1.807) is 17.4 Å². The van der Waals surface area contributed by atoms with Crippen LogP contribution in [0.25, 0.3) is 6.08 Å². The molecule has 106 valence electrons. The Balaban J connectivity index is 2.25. The molecule has 0 amide bonds. The summed E-state index contributed by atoms with van der Waals surface area (Å²) in [5.74, 6) is -0.941. The van der Waals surface area contributed by atoms with Gasteiger partial charge in [-0.3, -0.25) is 0 Å². The fourth-order valence-electron chi connectivity index (χ4n) is 1.31. The Kier molecular flexibility index (Phi) is 6.21. The molecule has 0 fully saturated rings. The van der Waals surface area contributed by atoms with E-state index in [1.807, 2.05) is 32.2 Å². The molecule has 0 unspecified atom stereocenters. The normalized spacial score (nSPS) is 12.2. The molecule has 0 atom stereocenters. The van der Waals surface area contributed by atoms with Gasteiger partial charge < -0.3 is 14.6 Å². The Morgan fingerprint density at radius 3 is 2.79 bits per heavy atom. The van der Waals surface area contributed by atoms with Crippen LogP contribution in [-0.2, 0) is 20.9 Å². The second-order valence-corrected chi connectivity index (χ2v) is 6.03. The van der Waals surface area contributed by atoms with Gasteiger partial charge in [0.15, 0.2) is 0 Å². The van der Waals surface area contributed by atoms with Crippen molar-refractivity contribution in [2.75, 3.05) is 13.2 Å². The average molecular weight is 284 g/mol. The second kappa shape index (κ2) is 7.43. The van der Waals surface area contributed by atoms with Crippen LogP contribution in [0, 0.1) is 0 Å². The van der Waals surface area contributed by atoms with Crippen molar-refractivity contribution in [1.82, 2.24) is 0 Å².